The zero-order chi connectivity index (χ0) is 31.8. The monoisotopic (exact) mass is 608 g/mol. The zero-order valence-electron chi connectivity index (χ0n) is 26.7. The molecular formula is C37H44N4O4. The minimum atomic E-state index is -0.596. The van der Waals surface area contributed by atoms with Crippen LogP contribution >= 0.6 is 0 Å². The van der Waals surface area contributed by atoms with Gasteiger partial charge in [-0.05, 0) is 62.9 Å². The van der Waals surface area contributed by atoms with Gasteiger partial charge in [0.05, 0.1) is 28.7 Å². The van der Waals surface area contributed by atoms with E-state index in [4.69, 9.17) is 9.47 Å². The summed E-state index contributed by atoms with van der Waals surface area (Å²) in [5.74, 6) is -0.0529. The molecule has 236 valence electrons. The molecule has 1 aliphatic heterocycles. The molecule has 0 bridgehead atoms. The highest BCUT2D eigenvalue weighted by Gasteiger charge is 2.36. The molecule has 1 aromatic heterocycles. The van der Waals surface area contributed by atoms with Crippen molar-refractivity contribution in [3.8, 4) is 16.9 Å². The second-order valence-electron chi connectivity index (χ2n) is 12.4. The number of ether oxygens (including phenoxy) is 2. The fourth-order valence-corrected chi connectivity index (χ4v) is 5.80. The molecule has 0 unspecified atom stereocenters. The molecule has 0 saturated carbocycles. The van der Waals surface area contributed by atoms with Crippen LogP contribution in [0.1, 0.15) is 43.1 Å². The molecule has 1 aliphatic rings. The van der Waals surface area contributed by atoms with E-state index in [0.29, 0.717) is 38.2 Å². The first-order valence-corrected chi connectivity index (χ1v) is 15.7. The van der Waals surface area contributed by atoms with Crippen molar-refractivity contribution < 1.29 is 19.1 Å². The number of nitrogens with zero attached hydrogens (tertiary/aromatic N) is 3. The zero-order valence-corrected chi connectivity index (χ0v) is 26.7. The molecule has 2 heterocycles. The van der Waals surface area contributed by atoms with Gasteiger partial charge in [-0.25, -0.2) is 4.79 Å². The number of anilines is 1. The lowest BCUT2D eigenvalue weighted by Gasteiger charge is -2.42. The highest BCUT2D eigenvalue weighted by atomic mass is 16.6. The molecule has 0 spiro atoms. The molecule has 1 fully saturated rings. The van der Waals surface area contributed by atoms with E-state index in [1.54, 1.807) is 12.0 Å². The largest absolute Gasteiger partial charge is 0.444 e. The summed E-state index contributed by atoms with van der Waals surface area (Å²) in [7, 11) is 1.71. The van der Waals surface area contributed by atoms with Crippen molar-refractivity contribution in [3.63, 3.8) is 0 Å². The van der Waals surface area contributed by atoms with E-state index in [0.717, 1.165) is 41.2 Å². The van der Waals surface area contributed by atoms with Gasteiger partial charge in [-0.3, -0.25) is 4.79 Å². The summed E-state index contributed by atoms with van der Waals surface area (Å²) in [6.07, 6.45) is 3.14. The highest BCUT2D eigenvalue weighted by molar-refractivity contribution is 6.01. The predicted molar refractivity (Wildman–Crippen MR) is 179 cm³/mol. The van der Waals surface area contributed by atoms with Gasteiger partial charge in [-0.15, -0.1) is 0 Å². The van der Waals surface area contributed by atoms with Gasteiger partial charge < -0.3 is 29.2 Å². The van der Waals surface area contributed by atoms with Gasteiger partial charge in [0.15, 0.2) is 0 Å². The van der Waals surface area contributed by atoms with Crippen LogP contribution in [0, 0.1) is 0 Å². The van der Waals surface area contributed by atoms with E-state index in [1.165, 1.54) is 0 Å². The standard InChI is InChI=1S/C37H44N4O4/c1-37(2,3)45-36(43)39-23-24-40(30(27-39)26-28-14-7-5-8-15-28)35(42)31-20-22-41(34(31)29-16-9-6-10-17-29)33-19-12-11-18-32(33)38-21-13-25-44-4/h5-12,14-20,22,30,38H,13,21,23-27H2,1-4H3/t30-/m1/s1. The fourth-order valence-electron chi connectivity index (χ4n) is 5.80. The number of methoxy groups -OCH3 is 1. The van der Waals surface area contributed by atoms with E-state index in [9.17, 15) is 9.59 Å². The van der Waals surface area contributed by atoms with Gasteiger partial charge in [0, 0.05) is 46.1 Å². The van der Waals surface area contributed by atoms with Crippen LogP contribution in [0.15, 0.2) is 97.2 Å². The summed E-state index contributed by atoms with van der Waals surface area (Å²) in [5.41, 5.74) is 4.87. The van der Waals surface area contributed by atoms with Gasteiger partial charge >= 0.3 is 6.09 Å². The summed E-state index contributed by atoms with van der Waals surface area (Å²) >= 11 is 0. The fraction of sp³-hybridized carbons (Fsp3) is 0.351. The number of carbonyl (C=O) groups is 2. The van der Waals surface area contributed by atoms with Crippen LogP contribution in [0.4, 0.5) is 10.5 Å². The van der Waals surface area contributed by atoms with Crippen molar-refractivity contribution in [3.05, 3.63) is 108 Å². The highest BCUT2D eigenvalue weighted by Crippen LogP contribution is 2.33. The van der Waals surface area contributed by atoms with Crippen LogP contribution in [0.5, 0.6) is 0 Å². The first kappa shape index (κ1) is 31.9. The number of aromatic nitrogens is 1. The quantitative estimate of drug-likeness (QED) is 0.198. The summed E-state index contributed by atoms with van der Waals surface area (Å²) in [6.45, 7) is 8.26. The van der Waals surface area contributed by atoms with Crippen molar-refractivity contribution >= 4 is 17.7 Å². The Morgan fingerprint density at radius 1 is 0.889 bits per heavy atom. The van der Waals surface area contributed by atoms with Crippen molar-refractivity contribution in [2.24, 2.45) is 0 Å². The molecule has 45 heavy (non-hydrogen) atoms. The molecule has 1 N–H and O–H groups in total. The minimum Gasteiger partial charge on any atom is -0.444 e. The molecule has 0 aliphatic carbocycles. The number of para-hydroxylation sites is 2. The van der Waals surface area contributed by atoms with Crippen molar-refractivity contribution in [2.75, 3.05) is 45.2 Å². The average Bonchev–Trinajstić information content (AvgIpc) is 3.48. The Labute approximate surface area is 266 Å². The molecule has 8 nitrogen and oxygen atoms in total. The van der Waals surface area contributed by atoms with E-state index in [1.807, 2.05) is 98.6 Å². The first-order chi connectivity index (χ1) is 21.7. The van der Waals surface area contributed by atoms with Crippen LogP contribution in [0.2, 0.25) is 0 Å². The first-order valence-electron chi connectivity index (χ1n) is 15.7. The summed E-state index contributed by atoms with van der Waals surface area (Å²) in [6, 6.07) is 30.0. The maximum Gasteiger partial charge on any atom is 0.410 e. The maximum atomic E-state index is 14.6. The number of benzene rings is 3. The number of hydrogen-bond acceptors (Lipinski definition) is 5. The van der Waals surface area contributed by atoms with Crippen LogP contribution in [-0.4, -0.2) is 77.9 Å². The Morgan fingerprint density at radius 3 is 2.29 bits per heavy atom. The molecule has 2 amide bonds. The smallest absolute Gasteiger partial charge is 0.410 e. The van der Waals surface area contributed by atoms with E-state index < -0.39 is 5.60 Å². The lowest BCUT2D eigenvalue weighted by Crippen LogP contribution is -2.57. The van der Waals surface area contributed by atoms with Crippen LogP contribution in [0.25, 0.3) is 16.9 Å². The Balaban J connectivity index is 1.50. The van der Waals surface area contributed by atoms with Gasteiger partial charge in [-0.1, -0.05) is 72.8 Å². The van der Waals surface area contributed by atoms with E-state index in [2.05, 4.69) is 34.1 Å². The van der Waals surface area contributed by atoms with Crippen LogP contribution in [0.3, 0.4) is 0 Å². The lowest BCUT2D eigenvalue weighted by molar-refractivity contribution is 0.00440. The van der Waals surface area contributed by atoms with Crippen molar-refractivity contribution in [1.29, 1.82) is 0 Å². The minimum absolute atomic E-state index is 0.0529. The number of carbonyl (C=O) groups excluding carboxylic acids is 2. The Bertz CT molecular complexity index is 1560. The number of rotatable bonds is 10. The van der Waals surface area contributed by atoms with Gasteiger partial charge in [-0.2, -0.15) is 0 Å². The second kappa shape index (κ2) is 14.5. The number of piperazine rings is 1. The average molecular weight is 609 g/mol. The van der Waals surface area contributed by atoms with Crippen molar-refractivity contribution in [2.45, 2.75) is 45.3 Å². The maximum absolute atomic E-state index is 14.6. The lowest BCUT2D eigenvalue weighted by atomic mass is 10.00. The Morgan fingerprint density at radius 2 is 1.58 bits per heavy atom. The van der Waals surface area contributed by atoms with Gasteiger partial charge in [0.1, 0.15) is 5.60 Å². The second-order valence-corrected chi connectivity index (χ2v) is 12.4. The molecule has 1 atom stereocenters. The Kier molecular flexibility index (Phi) is 10.2. The molecular weight excluding hydrogens is 564 g/mol. The summed E-state index contributed by atoms with van der Waals surface area (Å²) in [5, 5.41) is 3.55. The Hall–Kier alpha value is -4.56. The summed E-state index contributed by atoms with van der Waals surface area (Å²) in [4.78, 5) is 31.4. The van der Waals surface area contributed by atoms with E-state index in [-0.39, 0.29) is 18.0 Å². The molecule has 4 aromatic rings. The van der Waals surface area contributed by atoms with Crippen LogP contribution < -0.4 is 5.32 Å². The third-order valence-electron chi connectivity index (χ3n) is 7.88. The third kappa shape index (κ3) is 7.94. The SMILES string of the molecule is COCCCNc1ccccc1-n1ccc(C(=O)N2CCN(C(=O)OC(C)(C)C)C[C@H]2Cc2ccccc2)c1-c1ccccc1. The van der Waals surface area contributed by atoms with E-state index >= 15 is 0 Å². The molecule has 3 aromatic carbocycles. The number of amides is 2. The third-order valence-corrected chi connectivity index (χ3v) is 7.88. The number of hydrogen-bond donors (Lipinski definition) is 1. The van der Waals surface area contributed by atoms with Crippen molar-refractivity contribution in [1.82, 2.24) is 14.4 Å². The predicted octanol–water partition coefficient (Wildman–Crippen LogP) is 6.90. The topological polar surface area (TPSA) is 76.0 Å². The molecule has 8 heteroatoms. The molecule has 0 radical (unpaired) electrons. The normalized spacial score (nSPS) is 15.2. The summed E-state index contributed by atoms with van der Waals surface area (Å²) < 4.78 is 13.0. The number of nitrogens with one attached hydrogen (secondary N) is 1. The van der Waals surface area contributed by atoms with Crippen LogP contribution in [-0.2, 0) is 15.9 Å². The molecule has 5 rings (SSSR count). The van der Waals surface area contributed by atoms with Gasteiger partial charge in [0.2, 0.25) is 0 Å². The van der Waals surface area contributed by atoms with Gasteiger partial charge in [0.25, 0.3) is 5.91 Å². The molecule has 1 saturated heterocycles.